The van der Waals surface area contributed by atoms with Gasteiger partial charge >= 0.3 is 0 Å². The predicted octanol–water partition coefficient (Wildman–Crippen LogP) is 4.79. The molecule has 0 aromatic heterocycles. The minimum absolute atomic E-state index is 0.310. The van der Waals surface area contributed by atoms with Crippen molar-refractivity contribution in [1.29, 1.82) is 0 Å². The van der Waals surface area contributed by atoms with Crippen molar-refractivity contribution in [2.24, 2.45) is 15.9 Å². The summed E-state index contributed by atoms with van der Waals surface area (Å²) in [7, 11) is 0. The van der Waals surface area contributed by atoms with E-state index in [9.17, 15) is 0 Å². The molecule has 0 radical (unpaired) electrons. The van der Waals surface area contributed by atoms with Crippen LogP contribution in [-0.2, 0) is 0 Å². The molecule has 3 rings (SSSR count). The molecule has 0 amide bonds. The molecule has 0 unspecified atom stereocenters. The number of guanidine groups is 1. The number of benzene rings is 3. The second kappa shape index (κ2) is 8.12. The predicted molar refractivity (Wildman–Crippen MR) is 110 cm³/mol. The van der Waals surface area contributed by atoms with Crippen LogP contribution in [-0.4, -0.2) is 12.2 Å². The van der Waals surface area contributed by atoms with Gasteiger partial charge in [0.2, 0.25) is 5.96 Å². The van der Waals surface area contributed by atoms with Gasteiger partial charge in [0.05, 0.1) is 6.21 Å². The molecule has 0 saturated heterocycles. The third-order valence-electron chi connectivity index (χ3n) is 3.98. The summed E-state index contributed by atoms with van der Waals surface area (Å²) in [5.74, 6) is 0.310. The lowest BCUT2D eigenvalue weighted by atomic mass is 10.2. The normalized spacial score (nSPS) is 11.7. The Kier molecular flexibility index (Phi) is 5.44. The van der Waals surface area contributed by atoms with Gasteiger partial charge in [-0.2, -0.15) is 5.10 Å². The topological polar surface area (TPSA) is 54.0 Å². The summed E-state index contributed by atoms with van der Waals surface area (Å²) in [4.78, 5) is 1.89. The molecule has 130 valence electrons. The van der Waals surface area contributed by atoms with E-state index in [4.69, 9.17) is 5.73 Å². The number of rotatable bonds is 4. The maximum absolute atomic E-state index is 6.28. The average molecular weight is 342 g/mol. The van der Waals surface area contributed by atoms with E-state index < -0.39 is 0 Å². The largest absolute Gasteiger partial charge is 0.368 e. The molecule has 4 nitrogen and oxygen atoms in total. The SMILES string of the molecule is Cc1ccc(N(C(N)=NN=Cc2ccccc2)c2ccc(C)cc2)cc1. The number of hydrogen-bond donors (Lipinski definition) is 1. The molecule has 4 heteroatoms. The zero-order valence-electron chi connectivity index (χ0n) is 15.0. The molecule has 0 atom stereocenters. The molecule has 0 saturated carbocycles. The number of nitrogens with zero attached hydrogens (tertiary/aromatic N) is 3. The van der Waals surface area contributed by atoms with E-state index in [-0.39, 0.29) is 0 Å². The summed E-state index contributed by atoms with van der Waals surface area (Å²) in [5.41, 5.74) is 11.5. The molecule has 0 heterocycles. The van der Waals surface area contributed by atoms with Gasteiger partial charge in [0.1, 0.15) is 0 Å². The summed E-state index contributed by atoms with van der Waals surface area (Å²) in [6, 6.07) is 26.1. The monoisotopic (exact) mass is 342 g/mol. The van der Waals surface area contributed by atoms with Gasteiger partial charge in [-0.05, 0) is 43.7 Å². The van der Waals surface area contributed by atoms with Crippen LogP contribution in [0.1, 0.15) is 16.7 Å². The molecule has 0 aliphatic heterocycles. The molecular weight excluding hydrogens is 320 g/mol. The number of aryl methyl sites for hydroxylation is 2. The van der Waals surface area contributed by atoms with Gasteiger partial charge in [0.25, 0.3) is 0 Å². The Morgan fingerprint density at radius 3 is 1.77 bits per heavy atom. The molecule has 0 aliphatic rings. The number of nitrogens with two attached hydrogens (primary N) is 1. The molecule has 2 N–H and O–H groups in total. The van der Waals surface area contributed by atoms with Crippen LogP contribution in [0.4, 0.5) is 11.4 Å². The van der Waals surface area contributed by atoms with Gasteiger partial charge in [-0.15, -0.1) is 5.10 Å². The fourth-order valence-electron chi connectivity index (χ4n) is 2.54. The van der Waals surface area contributed by atoms with Gasteiger partial charge in [-0.3, -0.25) is 4.90 Å². The van der Waals surface area contributed by atoms with Crippen molar-refractivity contribution in [2.75, 3.05) is 4.90 Å². The second-order valence-electron chi connectivity index (χ2n) is 6.12. The first kappa shape index (κ1) is 17.4. The first-order valence-electron chi connectivity index (χ1n) is 8.48. The fourth-order valence-corrected chi connectivity index (χ4v) is 2.54. The van der Waals surface area contributed by atoms with Gasteiger partial charge in [-0.25, -0.2) is 0 Å². The fraction of sp³-hybridized carbons (Fsp3) is 0.0909. The van der Waals surface area contributed by atoms with E-state index in [1.807, 2.05) is 59.5 Å². The van der Waals surface area contributed by atoms with Crippen molar-refractivity contribution in [3.8, 4) is 0 Å². The van der Waals surface area contributed by atoms with E-state index in [1.165, 1.54) is 11.1 Å². The van der Waals surface area contributed by atoms with Crippen LogP contribution in [0.5, 0.6) is 0 Å². The summed E-state index contributed by atoms with van der Waals surface area (Å²) in [5, 5.41) is 8.35. The van der Waals surface area contributed by atoms with E-state index in [0.29, 0.717) is 5.96 Å². The Morgan fingerprint density at radius 1 is 0.769 bits per heavy atom. The van der Waals surface area contributed by atoms with E-state index in [1.54, 1.807) is 6.21 Å². The first-order chi connectivity index (χ1) is 12.6. The smallest absolute Gasteiger partial charge is 0.225 e. The second-order valence-corrected chi connectivity index (χ2v) is 6.12. The van der Waals surface area contributed by atoms with Gasteiger partial charge in [0.15, 0.2) is 0 Å². The van der Waals surface area contributed by atoms with Crippen LogP contribution in [0, 0.1) is 13.8 Å². The van der Waals surface area contributed by atoms with Crippen LogP contribution in [0.25, 0.3) is 0 Å². The van der Waals surface area contributed by atoms with Crippen LogP contribution in [0.2, 0.25) is 0 Å². The van der Waals surface area contributed by atoms with Gasteiger partial charge in [-0.1, -0.05) is 65.7 Å². The lowest BCUT2D eigenvalue weighted by Crippen LogP contribution is -2.33. The summed E-state index contributed by atoms with van der Waals surface area (Å²) in [6.45, 7) is 4.11. The van der Waals surface area contributed by atoms with Crippen molar-refractivity contribution >= 4 is 23.5 Å². The van der Waals surface area contributed by atoms with Crippen LogP contribution in [0.3, 0.4) is 0 Å². The zero-order chi connectivity index (χ0) is 18.4. The van der Waals surface area contributed by atoms with Crippen LogP contribution in [0.15, 0.2) is 89.1 Å². The van der Waals surface area contributed by atoms with E-state index in [2.05, 4.69) is 48.3 Å². The molecule has 0 fully saturated rings. The maximum atomic E-state index is 6.28. The third kappa shape index (κ3) is 4.36. The molecular formula is C22H22N4. The maximum Gasteiger partial charge on any atom is 0.225 e. The average Bonchev–Trinajstić information content (AvgIpc) is 2.66. The van der Waals surface area contributed by atoms with Crippen molar-refractivity contribution in [1.82, 2.24) is 0 Å². The highest BCUT2D eigenvalue weighted by Gasteiger charge is 2.13. The Labute approximate surface area is 154 Å². The van der Waals surface area contributed by atoms with Crippen LogP contribution < -0.4 is 10.6 Å². The molecule has 26 heavy (non-hydrogen) atoms. The molecule has 3 aromatic rings. The van der Waals surface area contributed by atoms with Crippen molar-refractivity contribution in [2.45, 2.75) is 13.8 Å². The van der Waals surface area contributed by atoms with Crippen molar-refractivity contribution in [3.05, 3.63) is 95.6 Å². The van der Waals surface area contributed by atoms with Gasteiger partial charge in [0, 0.05) is 11.4 Å². The Morgan fingerprint density at radius 2 is 1.27 bits per heavy atom. The third-order valence-corrected chi connectivity index (χ3v) is 3.98. The lowest BCUT2D eigenvalue weighted by molar-refractivity contribution is 1.18. The highest BCUT2D eigenvalue weighted by molar-refractivity contribution is 6.01. The number of hydrogen-bond acceptors (Lipinski definition) is 2. The van der Waals surface area contributed by atoms with E-state index in [0.717, 1.165) is 16.9 Å². The standard InChI is InChI=1S/C22H22N4/c1-17-8-12-20(13-9-17)26(21-14-10-18(2)11-15-21)22(23)25-24-16-19-6-4-3-5-7-19/h3-16H,1-2H3,(H2,23,25). The highest BCUT2D eigenvalue weighted by atomic mass is 15.3. The Bertz CT molecular complexity index is 850. The van der Waals surface area contributed by atoms with Crippen molar-refractivity contribution in [3.63, 3.8) is 0 Å². The molecule has 0 bridgehead atoms. The van der Waals surface area contributed by atoms with Crippen LogP contribution >= 0.6 is 0 Å². The summed E-state index contributed by atoms with van der Waals surface area (Å²) < 4.78 is 0. The molecule has 0 aliphatic carbocycles. The quantitative estimate of drug-likeness (QED) is 0.421. The first-order valence-corrected chi connectivity index (χ1v) is 8.48. The lowest BCUT2D eigenvalue weighted by Gasteiger charge is -2.23. The summed E-state index contributed by atoms with van der Waals surface area (Å²) >= 11 is 0. The molecule has 0 spiro atoms. The zero-order valence-corrected chi connectivity index (χ0v) is 15.0. The highest BCUT2D eigenvalue weighted by Crippen LogP contribution is 2.25. The minimum atomic E-state index is 0.310. The minimum Gasteiger partial charge on any atom is -0.368 e. The van der Waals surface area contributed by atoms with E-state index >= 15 is 0 Å². The summed E-state index contributed by atoms with van der Waals surface area (Å²) in [6.07, 6.45) is 1.69. The van der Waals surface area contributed by atoms with Crippen molar-refractivity contribution < 1.29 is 0 Å². The molecule has 3 aromatic carbocycles. The van der Waals surface area contributed by atoms with Gasteiger partial charge < -0.3 is 5.73 Å². The Hall–Kier alpha value is -3.40. The number of anilines is 2. The Balaban J connectivity index is 1.94.